The highest BCUT2D eigenvalue weighted by Crippen LogP contribution is 2.32. The van der Waals surface area contributed by atoms with Crippen LogP contribution in [0.4, 0.5) is 11.5 Å². The summed E-state index contributed by atoms with van der Waals surface area (Å²) >= 11 is 0. The summed E-state index contributed by atoms with van der Waals surface area (Å²) < 4.78 is 1.73. The van der Waals surface area contributed by atoms with Crippen LogP contribution in [0.1, 0.15) is 43.4 Å². The molecule has 2 aromatic heterocycles. The van der Waals surface area contributed by atoms with E-state index >= 15 is 0 Å². The van der Waals surface area contributed by atoms with Crippen LogP contribution in [0.5, 0.6) is 0 Å². The van der Waals surface area contributed by atoms with Crippen molar-refractivity contribution in [3.05, 3.63) is 69.6 Å². The van der Waals surface area contributed by atoms with Gasteiger partial charge in [0.15, 0.2) is 5.65 Å². The van der Waals surface area contributed by atoms with E-state index in [1.807, 2.05) is 6.20 Å². The molecular formula is C26H32N4O3. The number of benzene rings is 1. The minimum Gasteiger partial charge on any atom is -0.483 e. The van der Waals surface area contributed by atoms with E-state index in [1.54, 1.807) is 10.5 Å². The van der Waals surface area contributed by atoms with Gasteiger partial charge in [0.1, 0.15) is 5.82 Å². The predicted molar refractivity (Wildman–Crippen MR) is 131 cm³/mol. The average Bonchev–Trinajstić information content (AvgIpc) is 3.41. The van der Waals surface area contributed by atoms with Gasteiger partial charge < -0.3 is 14.9 Å². The van der Waals surface area contributed by atoms with Crippen molar-refractivity contribution in [2.45, 2.75) is 46.7 Å². The monoisotopic (exact) mass is 448 g/mol. The molecule has 0 aliphatic carbocycles. The van der Waals surface area contributed by atoms with Gasteiger partial charge in [0.05, 0.1) is 5.69 Å². The summed E-state index contributed by atoms with van der Waals surface area (Å²) in [5.41, 5.74) is 5.60. The molecule has 0 unspecified atom stereocenters. The number of aryl methyl sites for hydroxylation is 1. The lowest BCUT2D eigenvalue weighted by Gasteiger charge is -2.23. The minimum atomic E-state index is -0.250. The maximum Gasteiger partial charge on any atom is 0.290 e. The maximum atomic E-state index is 13.0. The van der Waals surface area contributed by atoms with Crippen LogP contribution in [-0.4, -0.2) is 34.1 Å². The quantitative estimate of drug-likeness (QED) is 0.606. The third-order valence-electron chi connectivity index (χ3n) is 6.46. The van der Waals surface area contributed by atoms with E-state index < -0.39 is 0 Å². The highest BCUT2D eigenvalue weighted by atomic mass is 16.3. The van der Waals surface area contributed by atoms with Gasteiger partial charge in [-0.25, -0.2) is 4.98 Å². The third-order valence-corrected chi connectivity index (χ3v) is 6.46. The minimum absolute atomic E-state index is 0.00571. The van der Waals surface area contributed by atoms with Crippen LogP contribution in [-0.2, 0) is 17.9 Å². The lowest BCUT2D eigenvalue weighted by molar-refractivity contribution is -0.122. The highest BCUT2D eigenvalue weighted by molar-refractivity contribution is 5.72. The van der Waals surface area contributed by atoms with Crippen LogP contribution in [0, 0.1) is 18.8 Å². The molecule has 0 bridgehead atoms. The number of anilines is 2. The number of aromatic nitrogens is 2. The second kappa shape index (κ2) is 9.65. The molecule has 1 fully saturated rings. The standard InChI is InChI=1S/C25H30N4O.CH2O2/c1-17(2)10-19-8-9-27(14-19)22-11-18(3)13-29-24(30)12-23(26-25(22)29)28-15-20-6-4-5-7-21(20)16-28;2-1-3/h4-7,11-13,17,19H,8-10,14-16H2,1-3H3;1H,(H,2,3)/t19-;/m0./s1. The van der Waals surface area contributed by atoms with Gasteiger partial charge in [0.2, 0.25) is 0 Å². The lowest BCUT2D eigenvalue weighted by atomic mass is 9.97. The van der Waals surface area contributed by atoms with Crippen molar-refractivity contribution >= 4 is 23.6 Å². The van der Waals surface area contributed by atoms with Gasteiger partial charge in [-0.2, -0.15) is 0 Å². The topological polar surface area (TPSA) is 78.2 Å². The Morgan fingerprint density at radius 3 is 2.45 bits per heavy atom. The molecule has 1 N–H and O–H groups in total. The van der Waals surface area contributed by atoms with E-state index in [9.17, 15) is 4.79 Å². The van der Waals surface area contributed by atoms with Crippen LogP contribution in [0.15, 0.2) is 47.4 Å². The second-order valence-corrected chi connectivity index (χ2v) is 9.51. The molecule has 174 valence electrons. The van der Waals surface area contributed by atoms with E-state index in [-0.39, 0.29) is 12.0 Å². The van der Waals surface area contributed by atoms with Gasteiger partial charge in [0.25, 0.3) is 12.0 Å². The number of fused-ring (bicyclic) bond motifs is 2. The van der Waals surface area contributed by atoms with E-state index in [0.717, 1.165) is 48.9 Å². The first-order valence-electron chi connectivity index (χ1n) is 11.6. The van der Waals surface area contributed by atoms with Gasteiger partial charge in [0, 0.05) is 38.4 Å². The third kappa shape index (κ3) is 4.87. The molecule has 4 heterocycles. The summed E-state index contributed by atoms with van der Waals surface area (Å²) in [6.07, 6.45) is 4.38. The van der Waals surface area contributed by atoms with Crippen molar-refractivity contribution in [1.29, 1.82) is 0 Å². The molecule has 2 aliphatic rings. The van der Waals surface area contributed by atoms with Gasteiger partial charge in [-0.15, -0.1) is 0 Å². The van der Waals surface area contributed by atoms with Crippen LogP contribution < -0.4 is 15.4 Å². The Labute approximate surface area is 194 Å². The van der Waals surface area contributed by atoms with Crippen LogP contribution >= 0.6 is 0 Å². The molecule has 33 heavy (non-hydrogen) atoms. The molecule has 0 saturated carbocycles. The molecular weight excluding hydrogens is 416 g/mol. The molecule has 1 saturated heterocycles. The Hall–Kier alpha value is -3.35. The van der Waals surface area contributed by atoms with Crippen molar-refractivity contribution in [2.24, 2.45) is 11.8 Å². The smallest absolute Gasteiger partial charge is 0.290 e. The van der Waals surface area contributed by atoms with Gasteiger partial charge >= 0.3 is 0 Å². The largest absolute Gasteiger partial charge is 0.483 e. The zero-order valence-corrected chi connectivity index (χ0v) is 19.6. The van der Waals surface area contributed by atoms with E-state index in [0.29, 0.717) is 11.8 Å². The van der Waals surface area contributed by atoms with Crippen molar-refractivity contribution in [3.63, 3.8) is 0 Å². The first-order chi connectivity index (χ1) is 15.9. The van der Waals surface area contributed by atoms with Crippen LogP contribution in [0.2, 0.25) is 0 Å². The fourth-order valence-electron chi connectivity index (χ4n) is 5.11. The number of hydrogen-bond donors (Lipinski definition) is 1. The number of pyridine rings is 1. The molecule has 0 radical (unpaired) electrons. The van der Waals surface area contributed by atoms with Crippen molar-refractivity contribution < 1.29 is 9.90 Å². The molecule has 7 heteroatoms. The zero-order chi connectivity index (χ0) is 23.5. The first kappa shape index (κ1) is 22.8. The number of rotatable bonds is 4. The van der Waals surface area contributed by atoms with Gasteiger partial charge in [-0.05, 0) is 54.4 Å². The van der Waals surface area contributed by atoms with Crippen LogP contribution in [0.25, 0.3) is 5.65 Å². The number of carboxylic acid groups (broad SMARTS) is 1. The number of nitrogens with zero attached hydrogens (tertiary/aromatic N) is 4. The summed E-state index contributed by atoms with van der Waals surface area (Å²) in [5.74, 6) is 2.21. The van der Waals surface area contributed by atoms with Crippen molar-refractivity contribution in [2.75, 3.05) is 22.9 Å². The van der Waals surface area contributed by atoms with E-state index in [2.05, 4.69) is 60.9 Å². The summed E-state index contributed by atoms with van der Waals surface area (Å²) in [4.78, 5) is 31.1. The summed E-state index contributed by atoms with van der Waals surface area (Å²) in [6, 6.07) is 12.4. The fourth-order valence-corrected chi connectivity index (χ4v) is 5.11. The molecule has 5 rings (SSSR count). The maximum absolute atomic E-state index is 13.0. The van der Waals surface area contributed by atoms with Gasteiger partial charge in [-0.1, -0.05) is 38.1 Å². The summed E-state index contributed by atoms with van der Waals surface area (Å²) in [5, 5.41) is 6.89. The SMILES string of the molecule is Cc1cc(N2CC[C@@H](CC(C)C)C2)c2nc(N3Cc4ccccc4C3)cc(=O)n2c1.O=CO. The molecule has 3 aromatic rings. The van der Waals surface area contributed by atoms with E-state index in [1.165, 1.54) is 24.0 Å². The Morgan fingerprint density at radius 1 is 1.15 bits per heavy atom. The molecule has 0 amide bonds. The van der Waals surface area contributed by atoms with Crippen molar-refractivity contribution in [1.82, 2.24) is 9.38 Å². The van der Waals surface area contributed by atoms with Crippen molar-refractivity contribution in [3.8, 4) is 0 Å². The fraction of sp³-hybridized carbons (Fsp3) is 0.423. The Balaban J connectivity index is 0.000000821. The Morgan fingerprint density at radius 2 is 1.82 bits per heavy atom. The lowest BCUT2D eigenvalue weighted by Crippen LogP contribution is -2.26. The normalized spacial score (nSPS) is 17.3. The molecule has 1 atom stereocenters. The van der Waals surface area contributed by atoms with Crippen LogP contribution in [0.3, 0.4) is 0 Å². The predicted octanol–water partition coefficient (Wildman–Crippen LogP) is 4.10. The first-order valence-corrected chi connectivity index (χ1v) is 11.6. The average molecular weight is 449 g/mol. The number of carbonyl (C=O) groups is 1. The Kier molecular flexibility index (Phi) is 6.67. The highest BCUT2D eigenvalue weighted by Gasteiger charge is 2.26. The molecule has 0 spiro atoms. The summed E-state index contributed by atoms with van der Waals surface area (Å²) in [6.45, 7) is 10.1. The molecule has 2 aliphatic heterocycles. The van der Waals surface area contributed by atoms with E-state index in [4.69, 9.17) is 14.9 Å². The second-order valence-electron chi connectivity index (χ2n) is 9.51. The molecule has 7 nitrogen and oxygen atoms in total. The Bertz CT molecular complexity index is 1180. The zero-order valence-electron chi connectivity index (χ0n) is 19.6. The molecule has 1 aromatic carbocycles. The summed E-state index contributed by atoms with van der Waals surface area (Å²) in [7, 11) is 0. The number of hydrogen-bond acceptors (Lipinski definition) is 5. The van der Waals surface area contributed by atoms with Gasteiger partial charge in [-0.3, -0.25) is 14.0 Å².